The van der Waals surface area contributed by atoms with Gasteiger partial charge in [0.05, 0.1) is 4.91 Å². The molecule has 0 spiro atoms. The number of carbonyl (C=O) groups is 1. The second kappa shape index (κ2) is 12.0. The maximum absolute atomic E-state index is 13.6. The number of nitrogens with zero attached hydrogens (tertiary/aromatic N) is 5. The van der Waals surface area contributed by atoms with Crippen LogP contribution in [0.3, 0.4) is 0 Å². The second-order valence-electron chi connectivity index (χ2n) is 10.5. The number of amides is 1. The summed E-state index contributed by atoms with van der Waals surface area (Å²) in [6, 6.07) is 12.7. The number of carbonyl (C=O) groups excluding carboxylic acids is 1. The van der Waals surface area contributed by atoms with Gasteiger partial charge in [-0.25, -0.2) is 0 Å². The van der Waals surface area contributed by atoms with Gasteiger partial charge in [-0.15, -0.1) is 0 Å². The van der Waals surface area contributed by atoms with Crippen LogP contribution in [0.5, 0.6) is 0 Å². The molecule has 3 aliphatic rings. The molecule has 204 valence electrons. The lowest BCUT2D eigenvalue weighted by molar-refractivity contribution is -0.124. The summed E-state index contributed by atoms with van der Waals surface area (Å²) in [5.41, 5.74) is 2.47. The van der Waals surface area contributed by atoms with Crippen molar-refractivity contribution >= 4 is 51.8 Å². The van der Waals surface area contributed by atoms with E-state index in [0.29, 0.717) is 21.3 Å². The predicted molar refractivity (Wildman–Crippen MR) is 163 cm³/mol. The molecule has 3 fully saturated rings. The fraction of sp³-hybridized carbons (Fsp3) is 0.467. The van der Waals surface area contributed by atoms with E-state index in [1.807, 2.05) is 43.0 Å². The van der Waals surface area contributed by atoms with E-state index < -0.39 is 0 Å². The van der Waals surface area contributed by atoms with Gasteiger partial charge in [-0.1, -0.05) is 68.4 Å². The quantitative estimate of drug-likeness (QED) is 0.350. The molecule has 1 aromatic carbocycles. The Balaban J connectivity index is 1.55. The molecule has 1 aromatic heterocycles. The number of piperazine rings is 1. The van der Waals surface area contributed by atoms with E-state index in [4.69, 9.17) is 12.2 Å². The average molecular weight is 562 g/mol. The fourth-order valence-corrected chi connectivity index (χ4v) is 7.38. The third-order valence-electron chi connectivity index (χ3n) is 8.03. The number of hydrogen-bond donors (Lipinski definition) is 0. The van der Waals surface area contributed by atoms with Gasteiger partial charge >= 0.3 is 0 Å². The zero-order valence-electron chi connectivity index (χ0n) is 22.7. The lowest BCUT2D eigenvalue weighted by atomic mass is 9.94. The number of para-hydroxylation sites is 1. The maximum Gasteiger partial charge on any atom is 0.270 e. The van der Waals surface area contributed by atoms with Crippen LogP contribution in [0.1, 0.15) is 62.1 Å². The van der Waals surface area contributed by atoms with E-state index in [1.165, 1.54) is 23.9 Å². The Morgan fingerprint density at radius 3 is 2.36 bits per heavy atom. The summed E-state index contributed by atoms with van der Waals surface area (Å²) >= 11 is 7.02. The van der Waals surface area contributed by atoms with Crippen molar-refractivity contribution in [2.45, 2.75) is 65.0 Å². The van der Waals surface area contributed by atoms with Crippen LogP contribution in [0.25, 0.3) is 6.08 Å². The Labute approximate surface area is 240 Å². The summed E-state index contributed by atoms with van der Waals surface area (Å²) in [6.45, 7) is 7.45. The van der Waals surface area contributed by atoms with Crippen molar-refractivity contribution in [1.29, 1.82) is 5.26 Å². The average Bonchev–Trinajstić information content (AvgIpc) is 3.25. The molecule has 1 saturated carbocycles. The standard InChI is InChI=1S/C30H35N5O2S2/c1-3-14-34-27(33-17-15-32(16-18-33)22-10-6-4-7-11-22)24(21(2)25(20-31)28(34)36)19-26-29(37)35(30(38)39-26)23-12-8-5-9-13-23/h4,6-7,10-11,19,23H,3,5,8-9,12-18H2,1-2H3. The number of nitriles is 1. The summed E-state index contributed by atoms with van der Waals surface area (Å²) in [5.74, 6) is 0.747. The summed E-state index contributed by atoms with van der Waals surface area (Å²) < 4.78 is 2.36. The van der Waals surface area contributed by atoms with Gasteiger partial charge in [-0.2, -0.15) is 5.26 Å². The minimum absolute atomic E-state index is 0.0529. The van der Waals surface area contributed by atoms with Crippen molar-refractivity contribution in [2.24, 2.45) is 0 Å². The van der Waals surface area contributed by atoms with Gasteiger partial charge in [-0.05, 0) is 50.0 Å². The van der Waals surface area contributed by atoms with Crippen LogP contribution in [-0.2, 0) is 11.3 Å². The molecule has 2 saturated heterocycles. The van der Waals surface area contributed by atoms with Crippen LogP contribution >= 0.6 is 24.0 Å². The van der Waals surface area contributed by atoms with Crippen molar-refractivity contribution in [2.75, 3.05) is 36.0 Å². The molecule has 1 aliphatic carbocycles. The molecule has 3 heterocycles. The first kappa shape index (κ1) is 27.5. The third kappa shape index (κ3) is 5.37. The summed E-state index contributed by atoms with van der Waals surface area (Å²) in [4.78, 5) is 34.1. The smallest absolute Gasteiger partial charge is 0.270 e. The number of benzene rings is 1. The number of thioether (sulfide) groups is 1. The first-order valence-corrected chi connectivity index (χ1v) is 15.2. The summed E-state index contributed by atoms with van der Waals surface area (Å²) in [7, 11) is 0. The molecule has 2 aliphatic heterocycles. The largest absolute Gasteiger partial charge is 0.368 e. The van der Waals surface area contributed by atoms with Crippen molar-refractivity contribution in [1.82, 2.24) is 9.47 Å². The highest BCUT2D eigenvalue weighted by Gasteiger charge is 2.38. The first-order chi connectivity index (χ1) is 18.9. The van der Waals surface area contributed by atoms with Crippen molar-refractivity contribution in [3.63, 3.8) is 0 Å². The molecule has 0 N–H and O–H groups in total. The Kier molecular flexibility index (Phi) is 8.43. The first-order valence-electron chi connectivity index (χ1n) is 13.9. The van der Waals surface area contributed by atoms with Crippen molar-refractivity contribution < 1.29 is 4.79 Å². The summed E-state index contributed by atoms with van der Waals surface area (Å²) in [5, 5.41) is 9.94. The van der Waals surface area contributed by atoms with Gasteiger partial charge in [0.2, 0.25) is 0 Å². The Morgan fingerprint density at radius 2 is 1.72 bits per heavy atom. The number of hydrogen-bond acceptors (Lipinski definition) is 7. The molecular formula is C30H35N5O2S2. The monoisotopic (exact) mass is 561 g/mol. The molecule has 0 atom stereocenters. The summed E-state index contributed by atoms with van der Waals surface area (Å²) in [6.07, 6.45) is 8.05. The molecule has 5 rings (SSSR count). The van der Waals surface area contributed by atoms with E-state index in [1.54, 1.807) is 4.57 Å². The third-order valence-corrected chi connectivity index (χ3v) is 9.36. The Bertz CT molecular complexity index is 1380. The van der Waals surface area contributed by atoms with Gasteiger partial charge in [-0.3, -0.25) is 19.1 Å². The van der Waals surface area contributed by atoms with Crippen LogP contribution in [0.15, 0.2) is 40.0 Å². The lowest BCUT2D eigenvalue weighted by Crippen LogP contribution is -2.48. The van der Waals surface area contributed by atoms with Crippen molar-refractivity contribution in [3.05, 3.63) is 62.3 Å². The number of thiocarbonyl (C=S) groups is 1. The SMILES string of the molecule is CCCn1c(N2CCN(c3ccccc3)CC2)c(C=C2SC(=S)N(C3CCCCC3)C2=O)c(C)c(C#N)c1=O. The van der Waals surface area contributed by atoms with E-state index in [9.17, 15) is 14.9 Å². The van der Waals surface area contributed by atoms with E-state index >= 15 is 0 Å². The molecule has 0 unspecified atom stereocenters. The molecule has 9 heteroatoms. The minimum Gasteiger partial charge on any atom is -0.368 e. The van der Waals surface area contributed by atoms with Gasteiger partial charge in [0.1, 0.15) is 21.8 Å². The van der Waals surface area contributed by atoms with Gasteiger partial charge < -0.3 is 9.80 Å². The number of aromatic nitrogens is 1. The van der Waals surface area contributed by atoms with Gasteiger partial charge in [0.15, 0.2) is 0 Å². The molecule has 7 nitrogen and oxygen atoms in total. The van der Waals surface area contributed by atoms with E-state index in [0.717, 1.165) is 69.7 Å². The van der Waals surface area contributed by atoms with Crippen LogP contribution < -0.4 is 15.4 Å². The highest BCUT2D eigenvalue weighted by Crippen LogP contribution is 2.39. The minimum atomic E-state index is -0.260. The number of pyridine rings is 1. The van der Waals surface area contributed by atoms with Crippen LogP contribution in [0.4, 0.5) is 11.5 Å². The second-order valence-corrected chi connectivity index (χ2v) is 12.1. The normalized spacial score (nSPS) is 19.7. The van der Waals surface area contributed by atoms with E-state index in [-0.39, 0.29) is 23.1 Å². The Morgan fingerprint density at radius 1 is 1.05 bits per heavy atom. The molecule has 0 bridgehead atoms. The topological polar surface area (TPSA) is 72.6 Å². The van der Waals surface area contributed by atoms with Gasteiger partial charge in [0, 0.05) is 50.0 Å². The van der Waals surface area contributed by atoms with Gasteiger partial charge in [0.25, 0.3) is 11.5 Å². The number of anilines is 2. The maximum atomic E-state index is 13.6. The van der Waals surface area contributed by atoms with E-state index in [2.05, 4.69) is 28.0 Å². The van der Waals surface area contributed by atoms with Crippen LogP contribution in [0.2, 0.25) is 0 Å². The predicted octanol–water partition coefficient (Wildman–Crippen LogP) is 5.30. The highest BCUT2D eigenvalue weighted by molar-refractivity contribution is 8.26. The molecule has 2 aromatic rings. The molecular weight excluding hydrogens is 526 g/mol. The highest BCUT2D eigenvalue weighted by atomic mass is 32.2. The van der Waals surface area contributed by atoms with Crippen LogP contribution in [-0.4, -0.2) is 51.9 Å². The van der Waals surface area contributed by atoms with Crippen molar-refractivity contribution in [3.8, 4) is 6.07 Å². The Hall–Kier alpha value is -3.09. The van der Waals surface area contributed by atoms with Crippen LogP contribution in [0, 0.1) is 18.3 Å². The molecule has 39 heavy (non-hydrogen) atoms. The number of rotatable bonds is 6. The fourth-order valence-electron chi connectivity index (χ4n) is 6.00. The molecule has 1 amide bonds. The molecule has 0 radical (unpaired) electrons. The zero-order valence-corrected chi connectivity index (χ0v) is 24.3. The lowest BCUT2D eigenvalue weighted by Gasteiger charge is -2.39. The zero-order chi connectivity index (χ0) is 27.5.